The smallest absolute Gasteiger partial charge is 0.207 e. The SMILES string of the molecule is C#Cc1cc(-c2cccc(Br)c2C)cc2c1CN(S(=O)(=O)c1ccc(C)cc1)C2. The van der Waals surface area contributed by atoms with E-state index in [1.54, 1.807) is 12.1 Å². The second kappa shape index (κ2) is 7.46. The van der Waals surface area contributed by atoms with Gasteiger partial charge in [0.15, 0.2) is 0 Å². The van der Waals surface area contributed by atoms with Crippen LogP contribution in [0.25, 0.3) is 11.1 Å². The lowest BCUT2D eigenvalue weighted by Gasteiger charge is -2.15. The van der Waals surface area contributed by atoms with Crippen molar-refractivity contribution in [1.29, 1.82) is 0 Å². The number of benzene rings is 3. The van der Waals surface area contributed by atoms with Crippen molar-refractivity contribution >= 4 is 26.0 Å². The summed E-state index contributed by atoms with van der Waals surface area (Å²) in [6, 6.07) is 17.0. The fourth-order valence-electron chi connectivity index (χ4n) is 3.72. The van der Waals surface area contributed by atoms with Crippen LogP contribution in [0.15, 0.2) is 64.0 Å². The Morgan fingerprint density at radius 3 is 2.45 bits per heavy atom. The van der Waals surface area contributed by atoms with Gasteiger partial charge in [0.25, 0.3) is 0 Å². The molecule has 0 saturated carbocycles. The second-order valence-corrected chi connectivity index (χ2v) is 10.1. The van der Waals surface area contributed by atoms with Crippen LogP contribution >= 0.6 is 15.9 Å². The molecule has 0 fully saturated rings. The van der Waals surface area contributed by atoms with Crippen LogP contribution in [0, 0.1) is 26.2 Å². The van der Waals surface area contributed by atoms with Crippen molar-refractivity contribution in [3.05, 3.63) is 86.9 Å². The molecule has 1 aliphatic rings. The van der Waals surface area contributed by atoms with Gasteiger partial charge in [0.05, 0.1) is 4.90 Å². The minimum absolute atomic E-state index is 0.294. The van der Waals surface area contributed by atoms with Crippen LogP contribution in [0.4, 0.5) is 0 Å². The summed E-state index contributed by atoms with van der Waals surface area (Å²) in [6.45, 7) is 4.60. The van der Waals surface area contributed by atoms with Crippen molar-refractivity contribution < 1.29 is 8.42 Å². The molecule has 3 aromatic carbocycles. The summed E-state index contributed by atoms with van der Waals surface area (Å²) in [6.07, 6.45) is 5.79. The van der Waals surface area contributed by atoms with Gasteiger partial charge in [0, 0.05) is 23.1 Å². The number of hydrogen-bond acceptors (Lipinski definition) is 2. The zero-order chi connectivity index (χ0) is 20.8. The van der Waals surface area contributed by atoms with Gasteiger partial charge in [-0.1, -0.05) is 51.7 Å². The molecule has 1 heterocycles. The van der Waals surface area contributed by atoms with E-state index in [1.165, 1.54) is 4.31 Å². The minimum atomic E-state index is -3.58. The third-order valence-corrected chi connectivity index (χ3v) is 8.08. The molecule has 0 amide bonds. The third kappa shape index (κ3) is 3.53. The van der Waals surface area contributed by atoms with E-state index in [-0.39, 0.29) is 0 Å². The average Bonchev–Trinajstić information content (AvgIpc) is 3.15. The van der Waals surface area contributed by atoms with E-state index in [4.69, 9.17) is 6.42 Å². The maximum absolute atomic E-state index is 13.1. The van der Waals surface area contributed by atoms with Crippen LogP contribution < -0.4 is 0 Å². The molecule has 0 atom stereocenters. The van der Waals surface area contributed by atoms with E-state index in [0.717, 1.165) is 43.4 Å². The van der Waals surface area contributed by atoms with Crippen molar-refractivity contribution in [3.8, 4) is 23.5 Å². The largest absolute Gasteiger partial charge is 0.243 e. The van der Waals surface area contributed by atoms with Gasteiger partial charge in [-0.3, -0.25) is 0 Å². The highest BCUT2D eigenvalue weighted by Crippen LogP contribution is 2.36. The van der Waals surface area contributed by atoms with Gasteiger partial charge in [-0.2, -0.15) is 4.31 Å². The molecule has 0 radical (unpaired) electrons. The van der Waals surface area contributed by atoms with E-state index in [2.05, 4.69) is 40.9 Å². The summed E-state index contributed by atoms with van der Waals surface area (Å²) in [4.78, 5) is 0.307. The average molecular weight is 466 g/mol. The summed E-state index contributed by atoms with van der Waals surface area (Å²) in [5.74, 6) is 2.76. The molecule has 29 heavy (non-hydrogen) atoms. The van der Waals surface area contributed by atoms with E-state index in [9.17, 15) is 8.42 Å². The molecular formula is C24H20BrNO2S. The fraction of sp³-hybridized carbons (Fsp3) is 0.167. The normalized spacial score (nSPS) is 13.9. The zero-order valence-electron chi connectivity index (χ0n) is 16.2. The zero-order valence-corrected chi connectivity index (χ0v) is 18.6. The Labute approximate surface area is 180 Å². The topological polar surface area (TPSA) is 37.4 Å². The number of aryl methyl sites for hydroxylation is 1. The first-order valence-corrected chi connectivity index (χ1v) is 11.5. The highest BCUT2D eigenvalue weighted by molar-refractivity contribution is 9.10. The van der Waals surface area contributed by atoms with Gasteiger partial charge in [0.1, 0.15) is 0 Å². The quantitative estimate of drug-likeness (QED) is 0.484. The van der Waals surface area contributed by atoms with Gasteiger partial charge in [-0.15, -0.1) is 6.42 Å². The molecule has 0 spiro atoms. The van der Waals surface area contributed by atoms with Crippen molar-refractivity contribution in [3.63, 3.8) is 0 Å². The molecule has 0 unspecified atom stereocenters. The number of sulfonamides is 1. The third-order valence-electron chi connectivity index (χ3n) is 5.42. The fourth-order valence-corrected chi connectivity index (χ4v) is 5.47. The first-order chi connectivity index (χ1) is 13.8. The molecule has 0 bridgehead atoms. The maximum atomic E-state index is 13.1. The van der Waals surface area contributed by atoms with E-state index >= 15 is 0 Å². The molecule has 3 nitrogen and oxygen atoms in total. The van der Waals surface area contributed by atoms with Gasteiger partial charge in [0.2, 0.25) is 10.0 Å². The molecular weight excluding hydrogens is 446 g/mol. The highest BCUT2D eigenvalue weighted by Gasteiger charge is 2.32. The van der Waals surface area contributed by atoms with Crippen LogP contribution in [0.5, 0.6) is 0 Å². The van der Waals surface area contributed by atoms with E-state index in [1.807, 2.05) is 37.3 Å². The van der Waals surface area contributed by atoms with Crippen LogP contribution in [-0.2, 0) is 23.1 Å². The lowest BCUT2D eigenvalue weighted by Crippen LogP contribution is -2.25. The summed E-state index contributed by atoms with van der Waals surface area (Å²) < 4.78 is 28.8. The molecule has 0 aromatic heterocycles. The highest BCUT2D eigenvalue weighted by atomic mass is 79.9. The minimum Gasteiger partial charge on any atom is -0.207 e. The molecule has 4 rings (SSSR count). The molecule has 1 aliphatic heterocycles. The number of fused-ring (bicyclic) bond motifs is 1. The predicted octanol–water partition coefficient (Wildman–Crippen LogP) is 5.42. The number of rotatable bonds is 3. The number of nitrogens with zero attached hydrogens (tertiary/aromatic N) is 1. The molecule has 3 aromatic rings. The van der Waals surface area contributed by atoms with Crippen LogP contribution in [-0.4, -0.2) is 12.7 Å². The lowest BCUT2D eigenvalue weighted by molar-refractivity contribution is 0.431. The Morgan fingerprint density at radius 2 is 1.76 bits per heavy atom. The van der Waals surface area contributed by atoms with Crippen molar-refractivity contribution in [2.75, 3.05) is 0 Å². The van der Waals surface area contributed by atoms with Gasteiger partial charge in [-0.05, 0) is 72.0 Å². The molecule has 146 valence electrons. The monoisotopic (exact) mass is 465 g/mol. The van der Waals surface area contributed by atoms with Crippen LogP contribution in [0.1, 0.15) is 27.8 Å². The Bertz CT molecular complexity index is 1260. The Kier molecular flexibility index (Phi) is 5.12. The first-order valence-electron chi connectivity index (χ1n) is 9.26. The Balaban J connectivity index is 1.76. The van der Waals surface area contributed by atoms with Gasteiger partial charge in [-0.25, -0.2) is 8.42 Å². The molecule has 0 saturated heterocycles. The number of hydrogen-bond donors (Lipinski definition) is 0. The number of halogens is 1. The molecule has 0 N–H and O–H groups in total. The van der Waals surface area contributed by atoms with Crippen molar-refractivity contribution in [2.24, 2.45) is 0 Å². The summed E-state index contributed by atoms with van der Waals surface area (Å²) in [7, 11) is -3.58. The Morgan fingerprint density at radius 1 is 1.03 bits per heavy atom. The maximum Gasteiger partial charge on any atom is 0.243 e. The number of terminal acetylenes is 1. The predicted molar refractivity (Wildman–Crippen MR) is 120 cm³/mol. The molecule has 0 aliphatic carbocycles. The molecule has 5 heteroatoms. The Hall–Kier alpha value is -2.39. The van der Waals surface area contributed by atoms with Gasteiger partial charge >= 0.3 is 0 Å². The van der Waals surface area contributed by atoms with E-state index in [0.29, 0.717) is 18.0 Å². The van der Waals surface area contributed by atoms with Crippen LogP contribution in [0.2, 0.25) is 0 Å². The lowest BCUT2D eigenvalue weighted by atomic mass is 9.94. The van der Waals surface area contributed by atoms with Crippen molar-refractivity contribution in [2.45, 2.75) is 31.8 Å². The second-order valence-electron chi connectivity index (χ2n) is 7.30. The van der Waals surface area contributed by atoms with Crippen molar-refractivity contribution in [1.82, 2.24) is 4.31 Å². The van der Waals surface area contributed by atoms with Gasteiger partial charge < -0.3 is 0 Å². The summed E-state index contributed by atoms with van der Waals surface area (Å²) in [5, 5.41) is 0. The standard InChI is InChI=1S/C24H20BrNO2S/c1-4-18-12-19(22-6-5-7-24(25)17(22)3)13-20-14-26(15-23(18)20)29(27,28)21-10-8-16(2)9-11-21/h1,5-13H,14-15H2,2-3H3. The summed E-state index contributed by atoms with van der Waals surface area (Å²) >= 11 is 3.58. The summed E-state index contributed by atoms with van der Waals surface area (Å²) in [5.41, 5.74) is 6.86. The first kappa shape index (κ1) is 19.9. The van der Waals surface area contributed by atoms with E-state index < -0.39 is 10.0 Å². The van der Waals surface area contributed by atoms with Crippen LogP contribution in [0.3, 0.4) is 0 Å².